The van der Waals surface area contributed by atoms with Crippen LogP contribution in [0.5, 0.6) is 11.5 Å². The maximum absolute atomic E-state index is 13.4. The molecule has 0 aliphatic carbocycles. The number of amides is 2. The molecule has 0 spiro atoms. The first-order valence-electron chi connectivity index (χ1n) is 7.56. The van der Waals surface area contributed by atoms with Crippen LogP contribution < -0.4 is 20.1 Å². The summed E-state index contributed by atoms with van der Waals surface area (Å²) in [5.74, 6) is 1.02. The molecule has 2 aromatic carbocycles. The summed E-state index contributed by atoms with van der Waals surface area (Å²) in [4.78, 5) is 11.7. The van der Waals surface area contributed by atoms with Crippen molar-refractivity contribution in [3.63, 3.8) is 0 Å². The molecule has 1 aliphatic heterocycles. The molecular formula is C18H17FN2O3. The van der Waals surface area contributed by atoms with Crippen molar-refractivity contribution in [3.8, 4) is 11.5 Å². The predicted molar refractivity (Wildman–Crippen MR) is 88.3 cm³/mol. The van der Waals surface area contributed by atoms with Crippen LogP contribution in [0.4, 0.5) is 9.18 Å². The van der Waals surface area contributed by atoms with Crippen molar-refractivity contribution in [2.45, 2.75) is 6.10 Å². The minimum absolute atomic E-state index is 0.263. The molecule has 2 N–H and O–H groups in total. The Kier molecular flexibility index (Phi) is 4.96. The molecule has 24 heavy (non-hydrogen) atoms. The van der Waals surface area contributed by atoms with Gasteiger partial charge in [0.25, 0.3) is 0 Å². The van der Waals surface area contributed by atoms with E-state index in [0.29, 0.717) is 30.2 Å². The average Bonchev–Trinajstić information content (AvgIpc) is 2.61. The number of fused-ring (bicyclic) bond motifs is 1. The molecule has 1 atom stereocenters. The van der Waals surface area contributed by atoms with E-state index in [-0.39, 0.29) is 11.9 Å². The lowest BCUT2D eigenvalue weighted by Crippen LogP contribution is -2.43. The smallest absolute Gasteiger partial charge is 0.318 e. The Morgan fingerprint density at radius 3 is 2.75 bits per heavy atom. The Hall–Kier alpha value is -3.02. The van der Waals surface area contributed by atoms with Gasteiger partial charge in [0.2, 0.25) is 0 Å². The van der Waals surface area contributed by atoms with E-state index < -0.39 is 6.03 Å². The Bertz CT molecular complexity index is 749. The van der Waals surface area contributed by atoms with Crippen molar-refractivity contribution in [1.82, 2.24) is 10.6 Å². The number of rotatable bonds is 4. The molecule has 1 aliphatic rings. The van der Waals surface area contributed by atoms with E-state index in [0.717, 1.165) is 0 Å². The quantitative estimate of drug-likeness (QED) is 0.907. The highest BCUT2D eigenvalue weighted by Crippen LogP contribution is 2.30. The number of hydrogen-bond acceptors (Lipinski definition) is 3. The highest BCUT2D eigenvalue weighted by atomic mass is 19.1. The van der Waals surface area contributed by atoms with Crippen LogP contribution in [0.25, 0.3) is 6.08 Å². The summed E-state index contributed by atoms with van der Waals surface area (Å²) in [5, 5.41) is 5.21. The first-order valence-corrected chi connectivity index (χ1v) is 7.56. The number of nitrogens with one attached hydrogen (secondary N) is 2. The Morgan fingerprint density at radius 1 is 1.17 bits per heavy atom. The second-order valence-electron chi connectivity index (χ2n) is 5.21. The zero-order valence-electron chi connectivity index (χ0n) is 12.9. The number of para-hydroxylation sites is 2. The number of benzene rings is 2. The van der Waals surface area contributed by atoms with Gasteiger partial charge in [-0.1, -0.05) is 30.3 Å². The zero-order chi connectivity index (χ0) is 16.8. The molecule has 0 radical (unpaired) electrons. The van der Waals surface area contributed by atoms with Crippen molar-refractivity contribution < 1.29 is 18.7 Å². The molecule has 0 fully saturated rings. The fourth-order valence-corrected chi connectivity index (χ4v) is 2.24. The number of urea groups is 1. The van der Waals surface area contributed by atoms with Gasteiger partial charge in [-0.3, -0.25) is 0 Å². The van der Waals surface area contributed by atoms with E-state index in [1.165, 1.54) is 18.3 Å². The number of carbonyl (C=O) groups is 1. The summed E-state index contributed by atoms with van der Waals surface area (Å²) in [7, 11) is 0. The normalized spacial score (nSPS) is 16.0. The molecule has 1 heterocycles. The van der Waals surface area contributed by atoms with Gasteiger partial charge in [-0.25, -0.2) is 9.18 Å². The minimum atomic E-state index is -0.398. The van der Waals surface area contributed by atoms with E-state index in [2.05, 4.69) is 10.6 Å². The third-order valence-corrected chi connectivity index (χ3v) is 3.44. The topological polar surface area (TPSA) is 59.6 Å². The van der Waals surface area contributed by atoms with Crippen molar-refractivity contribution >= 4 is 12.1 Å². The Morgan fingerprint density at radius 2 is 1.92 bits per heavy atom. The van der Waals surface area contributed by atoms with Crippen molar-refractivity contribution in [2.75, 3.05) is 13.2 Å². The predicted octanol–water partition coefficient (Wildman–Crippen LogP) is 2.94. The standard InChI is InChI=1S/C18H17FN2O3/c19-15-6-2-1-5-13(15)9-10-20-18(22)21-11-14-12-23-16-7-3-4-8-17(16)24-14/h1-10,14H,11-12H2,(H2,20,21,22)/b10-9+. The largest absolute Gasteiger partial charge is 0.486 e. The van der Waals surface area contributed by atoms with Gasteiger partial charge in [-0.05, 0) is 24.3 Å². The molecule has 0 aromatic heterocycles. The third-order valence-electron chi connectivity index (χ3n) is 3.44. The SMILES string of the molecule is O=C(N/C=C/c1ccccc1F)NCC1COc2ccccc2O1. The van der Waals surface area contributed by atoms with E-state index in [4.69, 9.17) is 9.47 Å². The molecule has 2 aromatic rings. The fourth-order valence-electron chi connectivity index (χ4n) is 2.24. The molecule has 1 unspecified atom stereocenters. The van der Waals surface area contributed by atoms with E-state index in [1.54, 1.807) is 18.2 Å². The number of halogens is 1. The van der Waals surface area contributed by atoms with Crippen LogP contribution in [0, 0.1) is 5.82 Å². The summed E-state index contributed by atoms with van der Waals surface area (Å²) in [6.45, 7) is 0.663. The summed E-state index contributed by atoms with van der Waals surface area (Å²) < 4.78 is 24.7. The third kappa shape index (κ3) is 4.04. The van der Waals surface area contributed by atoms with E-state index >= 15 is 0 Å². The van der Waals surface area contributed by atoms with Crippen LogP contribution in [0.3, 0.4) is 0 Å². The van der Waals surface area contributed by atoms with Gasteiger partial charge in [-0.2, -0.15) is 0 Å². The lowest BCUT2D eigenvalue weighted by atomic mass is 10.2. The van der Waals surface area contributed by atoms with Crippen LogP contribution in [0.1, 0.15) is 5.56 Å². The number of ether oxygens (including phenoxy) is 2. The van der Waals surface area contributed by atoms with Crippen LogP contribution in [0.15, 0.2) is 54.7 Å². The molecular weight excluding hydrogens is 311 g/mol. The second kappa shape index (κ2) is 7.50. The molecule has 0 saturated heterocycles. The fraction of sp³-hybridized carbons (Fsp3) is 0.167. The van der Waals surface area contributed by atoms with Crippen LogP contribution >= 0.6 is 0 Å². The molecule has 6 heteroatoms. The summed E-state index contributed by atoms with van der Waals surface area (Å²) in [5.41, 5.74) is 0.401. The molecule has 124 valence electrons. The van der Waals surface area contributed by atoms with Gasteiger partial charge >= 0.3 is 6.03 Å². The van der Waals surface area contributed by atoms with Gasteiger partial charge in [0.1, 0.15) is 12.4 Å². The average molecular weight is 328 g/mol. The molecule has 2 amide bonds. The second-order valence-corrected chi connectivity index (χ2v) is 5.21. The summed E-state index contributed by atoms with van der Waals surface area (Å²) in [6.07, 6.45) is 2.62. The van der Waals surface area contributed by atoms with Crippen molar-refractivity contribution in [3.05, 3.63) is 66.1 Å². The van der Waals surface area contributed by atoms with E-state index in [1.807, 2.05) is 24.3 Å². The Balaban J connectivity index is 1.44. The van der Waals surface area contributed by atoms with Crippen LogP contribution in [0.2, 0.25) is 0 Å². The molecule has 0 bridgehead atoms. The van der Waals surface area contributed by atoms with Crippen molar-refractivity contribution in [1.29, 1.82) is 0 Å². The van der Waals surface area contributed by atoms with Gasteiger partial charge in [0.15, 0.2) is 17.6 Å². The minimum Gasteiger partial charge on any atom is -0.486 e. The molecule has 3 rings (SSSR count). The first kappa shape index (κ1) is 15.9. The maximum atomic E-state index is 13.4. The van der Waals surface area contributed by atoms with Gasteiger partial charge in [0.05, 0.1) is 6.54 Å². The van der Waals surface area contributed by atoms with Gasteiger partial charge in [0, 0.05) is 11.8 Å². The summed E-state index contributed by atoms with van der Waals surface area (Å²) >= 11 is 0. The number of hydrogen-bond donors (Lipinski definition) is 2. The van der Waals surface area contributed by atoms with Crippen LogP contribution in [-0.2, 0) is 0 Å². The molecule has 5 nitrogen and oxygen atoms in total. The highest BCUT2D eigenvalue weighted by molar-refractivity contribution is 5.75. The van der Waals surface area contributed by atoms with Crippen molar-refractivity contribution in [2.24, 2.45) is 0 Å². The Labute approximate surface area is 139 Å². The highest BCUT2D eigenvalue weighted by Gasteiger charge is 2.20. The first-order chi connectivity index (χ1) is 11.7. The lowest BCUT2D eigenvalue weighted by molar-refractivity contribution is 0.0919. The molecule has 0 saturated carbocycles. The number of carbonyl (C=O) groups excluding carboxylic acids is 1. The maximum Gasteiger partial charge on any atom is 0.318 e. The monoisotopic (exact) mass is 328 g/mol. The summed E-state index contributed by atoms with van der Waals surface area (Å²) in [6, 6.07) is 13.3. The van der Waals surface area contributed by atoms with Gasteiger partial charge in [-0.15, -0.1) is 0 Å². The van der Waals surface area contributed by atoms with E-state index in [9.17, 15) is 9.18 Å². The zero-order valence-corrected chi connectivity index (χ0v) is 12.9. The van der Waals surface area contributed by atoms with Crippen LogP contribution in [-0.4, -0.2) is 25.3 Å². The van der Waals surface area contributed by atoms with Gasteiger partial charge < -0.3 is 20.1 Å². The lowest BCUT2D eigenvalue weighted by Gasteiger charge is -2.26.